The number of halogens is 1. The molecule has 8 heteroatoms. The predicted molar refractivity (Wildman–Crippen MR) is 97.1 cm³/mol. The minimum atomic E-state index is -3.01. The molecule has 2 aliphatic rings. The first-order valence-corrected chi connectivity index (χ1v) is 10.4. The first kappa shape index (κ1) is 21.7. The summed E-state index contributed by atoms with van der Waals surface area (Å²) in [5.74, 6) is 0.297. The van der Waals surface area contributed by atoms with Crippen molar-refractivity contribution in [3.05, 3.63) is 0 Å². The molecule has 2 N–H and O–H groups in total. The van der Waals surface area contributed by atoms with Gasteiger partial charge in [0, 0.05) is 26.1 Å². The highest BCUT2D eigenvalue weighted by atomic mass is 35.5. The Morgan fingerprint density at radius 3 is 2.46 bits per heavy atom. The molecule has 2 fully saturated rings. The third-order valence-corrected chi connectivity index (χ3v) is 7.13. The molecule has 0 aromatic carbocycles. The monoisotopic (exact) mass is 382 g/mol. The summed E-state index contributed by atoms with van der Waals surface area (Å²) >= 11 is 0. The first-order valence-electron chi connectivity index (χ1n) is 8.60. The Morgan fingerprint density at radius 2 is 1.96 bits per heavy atom. The summed E-state index contributed by atoms with van der Waals surface area (Å²) in [6.07, 6.45) is 6.43. The average molecular weight is 383 g/mol. The van der Waals surface area contributed by atoms with Crippen molar-refractivity contribution in [2.24, 2.45) is 11.1 Å². The van der Waals surface area contributed by atoms with Gasteiger partial charge in [-0.25, -0.2) is 8.42 Å². The van der Waals surface area contributed by atoms with E-state index in [1.165, 1.54) is 6.42 Å². The van der Waals surface area contributed by atoms with E-state index >= 15 is 0 Å². The van der Waals surface area contributed by atoms with E-state index in [9.17, 15) is 13.2 Å². The Labute approximate surface area is 151 Å². The smallest absolute Gasteiger partial charge is 0.223 e. The van der Waals surface area contributed by atoms with Gasteiger partial charge in [-0.05, 0) is 31.2 Å². The lowest BCUT2D eigenvalue weighted by Gasteiger charge is -2.38. The van der Waals surface area contributed by atoms with Crippen LogP contribution in [0.1, 0.15) is 44.9 Å². The van der Waals surface area contributed by atoms with Crippen molar-refractivity contribution in [3.63, 3.8) is 0 Å². The molecule has 1 saturated carbocycles. The molecule has 1 atom stereocenters. The van der Waals surface area contributed by atoms with Crippen LogP contribution in [0.2, 0.25) is 0 Å². The molecule has 0 aromatic rings. The van der Waals surface area contributed by atoms with Crippen molar-refractivity contribution in [3.8, 4) is 0 Å². The standard InChI is InChI=1S/C16H30N2O4S.ClH/c1-22-9-8-18(14-5-10-23(20,21)12-14)15(19)11-16(13-17)6-3-2-4-7-16;/h14H,2-13,17H2,1H3;1H. The van der Waals surface area contributed by atoms with Gasteiger partial charge in [-0.1, -0.05) is 19.3 Å². The van der Waals surface area contributed by atoms with Gasteiger partial charge < -0.3 is 15.4 Å². The highest BCUT2D eigenvalue weighted by Crippen LogP contribution is 2.39. The molecule has 142 valence electrons. The zero-order valence-corrected chi connectivity index (χ0v) is 16.2. The van der Waals surface area contributed by atoms with Crippen LogP contribution in [0.4, 0.5) is 0 Å². The topological polar surface area (TPSA) is 89.7 Å². The van der Waals surface area contributed by atoms with E-state index in [-0.39, 0.29) is 41.3 Å². The van der Waals surface area contributed by atoms with E-state index in [0.29, 0.717) is 32.5 Å². The maximum atomic E-state index is 12.9. The number of rotatable bonds is 7. The predicted octanol–water partition coefficient (Wildman–Crippen LogP) is 1.37. The highest BCUT2D eigenvalue weighted by Gasteiger charge is 2.38. The van der Waals surface area contributed by atoms with Crippen LogP contribution in [0.25, 0.3) is 0 Å². The van der Waals surface area contributed by atoms with E-state index in [1.54, 1.807) is 12.0 Å². The second-order valence-electron chi connectivity index (χ2n) is 7.08. The fourth-order valence-electron chi connectivity index (χ4n) is 3.90. The second kappa shape index (κ2) is 9.36. The largest absolute Gasteiger partial charge is 0.383 e. The summed E-state index contributed by atoms with van der Waals surface area (Å²) in [6.45, 7) is 1.41. The third kappa shape index (κ3) is 5.58. The van der Waals surface area contributed by atoms with Gasteiger partial charge in [0.05, 0.1) is 18.1 Å². The number of hydrogen-bond acceptors (Lipinski definition) is 5. The quantitative estimate of drug-likeness (QED) is 0.718. The Morgan fingerprint density at radius 1 is 1.29 bits per heavy atom. The molecular formula is C16H31ClN2O4S. The lowest BCUT2D eigenvalue weighted by molar-refractivity contribution is -0.136. The van der Waals surface area contributed by atoms with Gasteiger partial charge >= 0.3 is 0 Å². The summed E-state index contributed by atoms with van der Waals surface area (Å²) in [5, 5.41) is 0. The Balaban J connectivity index is 0.00000288. The number of sulfone groups is 1. The number of nitrogens with two attached hydrogens (primary N) is 1. The lowest BCUT2D eigenvalue weighted by Crippen LogP contribution is -2.46. The maximum absolute atomic E-state index is 12.9. The number of hydrogen-bond donors (Lipinski definition) is 1. The maximum Gasteiger partial charge on any atom is 0.223 e. The normalized spacial score (nSPS) is 25.0. The molecule has 1 aliphatic carbocycles. The Hall–Kier alpha value is -0.370. The minimum Gasteiger partial charge on any atom is -0.383 e. The van der Waals surface area contributed by atoms with Gasteiger partial charge in [-0.3, -0.25) is 4.79 Å². The van der Waals surface area contributed by atoms with Crippen molar-refractivity contribution < 1.29 is 17.9 Å². The number of carbonyl (C=O) groups is 1. The van der Waals surface area contributed by atoms with Crippen LogP contribution in [-0.2, 0) is 19.4 Å². The van der Waals surface area contributed by atoms with E-state index in [0.717, 1.165) is 25.7 Å². The summed E-state index contributed by atoms with van der Waals surface area (Å²) in [5.41, 5.74) is 5.89. The van der Waals surface area contributed by atoms with Gasteiger partial charge in [0.25, 0.3) is 0 Å². The lowest BCUT2D eigenvalue weighted by atomic mass is 9.71. The molecule has 0 aromatic heterocycles. The third-order valence-electron chi connectivity index (χ3n) is 5.38. The van der Waals surface area contributed by atoms with E-state index in [4.69, 9.17) is 10.5 Å². The van der Waals surface area contributed by atoms with E-state index in [2.05, 4.69) is 0 Å². The second-order valence-corrected chi connectivity index (χ2v) is 9.31. The molecule has 24 heavy (non-hydrogen) atoms. The van der Waals surface area contributed by atoms with Gasteiger partial charge in [-0.2, -0.15) is 0 Å². The number of amides is 1. The van der Waals surface area contributed by atoms with Crippen molar-refractivity contribution in [1.82, 2.24) is 4.90 Å². The Bertz CT molecular complexity index is 506. The van der Waals surface area contributed by atoms with Crippen LogP contribution in [-0.4, -0.2) is 63.6 Å². The molecule has 1 aliphatic heterocycles. The Kier molecular flexibility index (Phi) is 8.45. The number of methoxy groups -OCH3 is 1. The van der Waals surface area contributed by atoms with Gasteiger partial charge in [0.15, 0.2) is 9.84 Å². The molecule has 0 radical (unpaired) electrons. The van der Waals surface area contributed by atoms with Crippen LogP contribution in [0, 0.1) is 5.41 Å². The van der Waals surface area contributed by atoms with Crippen LogP contribution in [0.15, 0.2) is 0 Å². The molecular weight excluding hydrogens is 352 g/mol. The van der Waals surface area contributed by atoms with Crippen molar-refractivity contribution >= 4 is 28.2 Å². The molecule has 1 amide bonds. The zero-order valence-electron chi connectivity index (χ0n) is 14.5. The van der Waals surface area contributed by atoms with Gasteiger partial charge in [0.1, 0.15) is 0 Å². The van der Waals surface area contributed by atoms with Gasteiger partial charge in [-0.15, -0.1) is 12.4 Å². The molecule has 0 bridgehead atoms. The van der Waals surface area contributed by atoms with Gasteiger partial charge in [0.2, 0.25) is 5.91 Å². The summed E-state index contributed by atoms with van der Waals surface area (Å²) in [4.78, 5) is 14.6. The fraction of sp³-hybridized carbons (Fsp3) is 0.938. The van der Waals surface area contributed by atoms with E-state index < -0.39 is 9.84 Å². The van der Waals surface area contributed by atoms with Crippen molar-refractivity contribution in [2.75, 3.05) is 38.3 Å². The summed E-state index contributed by atoms with van der Waals surface area (Å²) in [7, 11) is -1.42. The van der Waals surface area contributed by atoms with Crippen LogP contribution >= 0.6 is 12.4 Å². The van der Waals surface area contributed by atoms with Crippen LogP contribution < -0.4 is 5.73 Å². The zero-order chi connectivity index (χ0) is 16.9. The SMILES string of the molecule is COCCN(C(=O)CC1(CN)CCCCC1)C1CCS(=O)(=O)C1.Cl. The molecule has 1 heterocycles. The minimum absolute atomic E-state index is 0. The van der Waals surface area contributed by atoms with Crippen LogP contribution in [0.3, 0.4) is 0 Å². The van der Waals surface area contributed by atoms with E-state index in [1.807, 2.05) is 0 Å². The average Bonchev–Trinajstić information content (AvgIpc) is 2.88. The van der Waals surface area contributed by atoms with Crippen molar-refractivity contribution in [2.45, 2.75) is 51.0 Å². The summed E-state index contributed by atoms with van der Waals surface area (Å²) in [6, 6.07) is -0.207. The highest BCUT2D eigenvalue weighted by molar-refractivity contribution is 7.91. The fourth-order valence-corrected chi connectivity index (χ4v) is 5.63. The molecule has 1 saturated heterocycles. The number of ether oxygens (including phenoxy) is 1. The summed E-state index contributed by atoms with van der Waals surface area (Å²) < 4.78 is 28.6. The number of nitrogens with zero attached hydrogens (tertiary/aromatic N) is 1. The molecule has 1 unspecified atom stereocenters. The molecule has 0 spiro atoms. The molecule has 6 nitrogen and oxygen atoms in total. The number of carbonyl (C=O) groups excluding carboxylic acids is 1. The molecule has 2 rings (SSSR count). The van der Waals surface area contributed by atoms with Crippen LogP contribution in [0.5, 0.6) is 0 Å². The first-order chi connectivity index (χ1) is 10.9. The van der Waals surface area contributed by atoms with Crippen molar-refractivity contribution in [1.29, 1.82) is 0 Å².